The lowest BCUT2D eigenvalue weighted by molar-refractivity contribution is -0.135. The molecule has 1 amide bonds. The summed E-state index contributed by atoms with van der Waals surface area (Å²) < 4.78 is 1.00. The van der Waals surface area contributed by atoms with E-state index in [1.165, 1.54) is 29.8 Å². The van der Waals surface area contributed by atoms with Gasteiger partial charge < -0.3 is 20.6 Å². The minimum Gasteiger partial charge on any atom is -0.480 e. The van der Waals surface area contributed by atoms with Crippen molar-refractivity contribution in [2.45, 2.75) is 57.8 Å². The molecule has 1 saturated heterocycles. The Hall–Kier alpha value is -2.26. The van der Waals surface area contributed by atoms with Crippen LogP contribution in [0.4, 0.5) is 5.13 Å². The Morgan fingerprint density at radius 3 is 2.56 bits per heavy atom. The lowest BCUT2D eigenvalue weighted by Crippen LogP contribution is -2.38. The maximum Gasteiger partial charge on any atom is 0.322 e. The zero-order valence-electron chi connectivity index (χ0n) is 19.0. The third kappa shape index (κ3) is 6.62. The topological polar surface area (TPSA) is 94.6 Å². The number of allylic oxidation sites excluding steroid dienone is 1. The number of nitrogens with one attached hydrogen (secondary N) is 2. The summed E-state index contributed by atoms with van der Waals surface area (Å²) in [6.45, 7) is 8.14. The molecule has 32 heavy (non-hydrogen) atoms. The van der Waals surface area contributed by atoms with E-state index in [0.717, 1.165) is 58.1 Å². The van der Waals surface area contributed by atoms with E-state index in [9.17, 15) is 9.59 Å². The van der Waals surface area contributed by atoms with Gasteiger partial charge >= 0.3 is 5.97 Å². The molecule has 2 aromatic rings. The van der Waals surface area contributed by atoms with E-state index >= 15 is 0 Å². The van der Waals surface area contributed by atoms with Gasteiger partial charge in [-0.25, -0.2) is 4.98 Å². The van der Waals surface area contributed by atoms with Crippen LogP contribution in [0.25, 0.3) is 10.2 Å². The fourth-order valence-electron chi connectivity index (χ4n) is 3.53. The number of thiazole rings is 1. The number of hydrogen-bond donors (Lipinski definition) is 3. The van der Waals surface area contributed by atoms with Gasteiger partial charge in [0.05, 0.1) is 21.8 Å². The minimum atomic E-state index is -0.915. The number of benzene rings is 1. The van der Waals surface area contributed by atoms with Crippen molar-refractivity contribution in [3.05, 3.63) is 28.3 Å². The minimum absolute atomic E-state index is 0.155. The smallest absolute Gasteiger partial charge is 0.322 e. The Bertz CT molecular complexity index is 995. The van der Waals surface area contributed by atoms with Crippen LogP contribution < -0.4 is 10.6 Å². The van der Waals surface area contributed by atoms with E-state index in [-0.39, 0.29) is 12.5 Å². The number of rotatable bonds is 9. The molecular formula is C23H32N4O3S2. The number of carboxylic acid groups (broad SMARTS) is 1. The molecule has 1 aliphatic heterocycles. The van der Waals surface area contributed by atoms with Gasteiger partial charge in [-0.05, 0) is 56.4 Å². The van der Waals surface area contributed by atoms with Crippen molar-refractivity contribution in [3.8, 4) is 0 Å². The van der Waals surface area contributed by atoms with Gasteiger partial charge in [0.2, 0.25) is 5.91 Å². The van der Waals surface area contributed by atoms with Gasteiger partial charge in [-0.3, -0.25) is 9.59 Å². The summed E-state index contributed by atoms with van der Waals surface area (Å²) in [5, 5.41) is 16.8. The number of carbonyl (C=O) groups is 2. The van der Waals surface area contributed by atoms with Crippen molar-refractivity contribution >= 4 is 50.3 Å². The first-order valence-electron chi connectivity index (χ1n) is 11.1. The van der Waals surface area contributed by atoms with Crippen LogP contribution in [0.3, 0.4) is 0 Å². The Labute approximate surface area is 197 Å². The van der Waals surface area contributed by atoms with Gasteiger partial charge in [0.25, 0.3) is 0 Å². The van der Waals surface area contributed by atoms with Gasteiger partial charge in [-0.15, -0.1) is 0 Å². The Morgan fingerprint density at radius 1 is 1.19 bits per heavy atom. The Kier molecular flexibility index (Phi) is 8.81. The average Bonchev–Trinajstić information content (AvgIpc) is 2.97. The molecule has 1 fully saturated rings. The average molecular weight is 477 g/mol. The van der Waals surface area contributed by atoms with Gasteiger partial charge in [-0.1, -0.05) is 42.9 Å². The van der Waals surface area contributed by atoms with Crippen LogP contribution in [-0.4, -0.2) is 53.0 Å². The molecule has 3 rings (SSSR count). The van der Waals surface area contributed by atoms with Gasteiger partial charge in [-0.2, -0.15) is 0 Å². The van der Waals surface area contributed by atoms with Crippen molar-refractivity contribution in [2.24, 2.45) is 0 Å². The molecule has 0 spiro atoms. The van der Waals surface area contributed by atoms with Crippen LogP contribution in [0.1, 0.15) is 51.5 Å². The number of carbonyl (C=O) groups excluding carboxylic acids is 1. The molecule has 0 unspecified atom stereocenters. The van der Waals surface area contributed by atoms with Crippen molar-refractivity contribution in [1.29, 1.82) is 0 Å². The Morgan fingerprint density at radius 2 is 1.91 bits per heavy atom. The highest BCUT2D eigenvalue weighted by atomic mass is 32.2. The molecule has 9 heteroatoms. The molecule has 2 heterocycles. The zero-order chi connectivity index (χ0) is 23.1. The number of nitrogens with zero attached hydrogens (tertiary/aromatic N) is 2. The lowest BCUT2D eigenvalue weighted by atomic mass is 10.2. The normalized spacial score (nSPS) is 15.3. The maximum absolute atomic E-state index is 12.7. The highest BCUT2D eigenvalue weighted by Gasteiger charge is 2.17. The number of aliphatic carboxylic acids is 1. The van der Waals surface area contributed by atoms with E-state index < -0.39 is 5.97 Å². The summed E-state index contributed by atoms with van der Waals surface area (Å²) in [5.74, 6) is -0.750. The summed E-state index contributed by atoms with van der Waals surface area (Å²) in [5.41, 5.74) is 3.16. The van der Waals surface area contributed by atoms with Gasteiger partial charge in [0, 0.05) is 18.0 Å². The van der Waals surface area contributed by atoms with Gasteiger partial charge in [0.15, 0.2) is 5.13 Å². The van der Waals surface area contributed by atoms with Crippen LogP contribution in [0.15, 0.2) is 27.6 Å². The SMILES string of the molecule is CCC(C)=C(NCC(=O)N1CCCCCC1)Sc1cc2sc(NCC(=O)O)nc2cc1C. The van der Waals surface area contributed by atoms with Crippen molar-refractivity contribution in [2.75, 3.05) is 31.5 Å². The van der Waals surface area contributed by atoms with E-state index in [1.54, 1.807) is 11.8 Å². The zero-order valence-corrected chi connectivity index (χ0v) is 20.6. The maximum atomic E-state index is 12.7. The van der Waals surface area contributed by atoms with Crippen molar-refractivity contribution in [3.63, 3.8) is 0 Å². The van der Waals surface area contributed by atoms with E-state index in [4.69, 9.17) is 5.11 Å². The second-order valence-electron chi connectivity index (χ2n) is 8.07. The summed E-state index contributed by atoms with van der Waals surface area (Å²) in [7, 11) is 0. The molecule has 0 aliphatic carbocycles. The first-order valence-corrected chi connectivity index (χ1v) is 12.8. The van der Waals surface area contributed by atoms with Crippen LogP contribution in [0.2, 0.25) is 0 Å². The number of hydrogen-bond acceptors (Lipinski definition) is 7. The molecule has 7 nitrogen and oxygen atoms in total. The van der Waals surface area contributed by atoms with E-state index in [1.807, 2.05) is 17.9 Å². The number of thioether (sulfide) groups is 1. The standard InChI is InChI=1S/C23H32N4O3S2/c1-4-15(2)22(24-13-20(28)27-9-7-5-6-8-10-27)31-18-12-19-17(11-16(18)3)26-23(32-19)25-14-21(29)30/h11-12,24H,4-10,13-14H2,1-3H3,(H,25,26)(H,29,30). The molecule has 0 bridgehead atoms. The number of amides is 1. The second kappa shape index (κ2) is 11.6. The monoisotopic (exact) mass is 476 g/mol. The lowest BCUT2D eigenvalue weighted by Gasteiger charge is -2.22. The highest BCUT2D eigenvalue weighted by molar-refractivity contribution is 8.03. The fourth-order valence-corrected chi connectivity index (χ4v) is 5.57. The quantitative estimate of drug-likeness (QED) is 0.446. The molecule has 0 atom stereocenters. The summed E-state index contributed by atoms with van der Waals surface area (Å²) in [4.78, 5) is 31.1. The largest absolute Gasteiger partial charge is 0.480 e. The molecular weight excluding hydrogens is 444 g/mol. The molecule has 1 aromatic carbocycles. The molecule has 3 N–H and O–H groups in total. The predicted molar refractivity (Wildman–Crippen MR) is 132 cm³/mol. The van der Waals surface area contributed by atoms with Crippen LogP contribution in [-0.2, 0) is 9.59 Å². The summed E-state index contributed by atoms with van der Waals surface area (Å²) in [6, 6.07) is 4.13. The van der Waals surface area contributed by atoms with Crippen LogP contribution >= 0.6 is 23.1 Å². The number of aryl methyl sites for hydroxylation is 1. The van der Waals surface area contributed by atoms with Crippen LogP contribution in [0, 0.1) is 6.92 Å². The molecule has 174 valence electrons. The van der Waals surface area contributed by atoms with Crippen molar-refractivity contribution in [1.82, 2.24) is 15.2 Å². The predicted octanol–water partition coefficient (Wildman–Crippen LogP) is 4.83. The Balaban J connectivity index is 1.72. The highest BCUT2D eigenvalue weighted by Crippen LogP contribution is 2.36. The number of aromatic nitrogens is 1. The summed E-state index contributed by atoms with van der Waals surface area (Å²) in [6.07, 6.45) is 5.50. The van der Waals surface area contributed by atoms with Crippen molar-refractivity contribution < 1.29 is 14.7 Å². The van der Waals surface area contributed by atoms with Crippen LogP contribution in [0.5, 0.6) is 0 Å². The first kappa shape index (κ1) is 24.4. The second-order valence-corrected chi connectivity index (χ2v) is 10.1. The fraction of sp³-hybridized carbons (Fsp3) is 0.522. The van der Waals surface area contributed by atoms with E-state index in [2.05, 4.69) is 35.5 Å². The number of likely N-dealkylation sites (tertiary alicyclic amines) is 1. The molecule has 0 radical (unpaired) electrons. The summed E-state index contributed by atoms with van der Waals surface area (Å²) >= 11 is 3.09. The van der Waals surface area contributed by atoms with Gasteiger partial charge in [0.1, 0.15) is 6.54 Å². The molecule has 1 aromatic heterocycles. The molecule has 0 saturated carbocycles. The van der Waals surface area contributed by atoms with E-state index in [0.29, 0.717) is 11.7 Å². The number of carboxylic acids is 1. The third-order valence-electron chi connectivity index (χ3n) is 5.56. The third-order valence-corrected chi connectivity index (χ3v) is 7.90. The first-order chi connectivity index (χ1) is 15.4. The molecule has 1 aliphatic rings. The number of anilines is 1. The number of fused-ring (bicyclic) bond motifs is 1.